The second kappa shape index (κ2) is 5.15. The van der Waals surface area contributed by atoms with Crippen molar-refractivity contribution in [2.75, 3.05) is 7.11 Å². The molecule has 1 aromatic heterocycles. The van der Waals surface area contributed by atoms with Crippen LogP contribution in [0, 0.1) is 6.92 Å². The van der Waals surface area contributed by atoms with E-state index < -0.39 is 0 Å². The molecule has 0 radical (unpaired) electrons. The van der Waals surface area contributed by atoms with Crippen LogP contribution in [0.4, 0.5) is 0 Å². The predicted octanol–water partition coefficient (Wildman–Crippen LogP) is 4.69. The molecular weight excluding hydrogens is 303 g/mol. The van der Waals surface area contributed by atoms with Gasteiger partial charge in [-0.1, -0.05) is 22.0 Å². The quantitative estimate of drug-likeness (QED) is 0.767. The van der Waals surface area contributed by atoms with Gasteiger partial charge in [0.2, 0.25) is 0 Å². The summed E-state index contributed by atoms with van der Waals surface area (Å²) in [5.41, 5.74) is 1.98. The third-order valence-corrected chi connectivity index (χ3v) is 3.81. The minimum atomic E-state index is -0.228. The molecule has 0 aliphatic rings. The summed E-state index contributed by atoms with van der Waals surface area (Å²) in [5.74, 6) is 1.64. The summed E-state index contributed by atoms with van der Waals surface area (Å²) in [6.45, 7) is 1.90. The van der Waals surface area contributed by atoms with Gasteiger partial charge in [0.05, 0.1) is 18.8 Å². The Morgan fingerprint density at radius 3 is 2.59 bits per heavy atom. The summed E-state index contributed by atoms with van der Waals surface area (Å²) in [6.07, 6.45) is 1.65. The summed E-state index contributed by atoms with van der Waals surface area (Å²) in [6, 6.07) is 7.64. The summed E-state index contributed by atoms with van der Waals surface area (Å²) in [4.78, 5) is 0. The SMILES string of the molecule is COc1ccc(C(Cl)c2ccoc2C)c(Br)c1. The van der Waals surface area contributed by atoms with Crippen LogP contribution in [0.5, 0.6) is 5.75 Å². The van der Waals surface area contributed by atoms with Gasteiger partial charge in [-0.05, 0) is 30.7 Å². The van der Waals surface area contributed by atoms with Crippen LogP contribution in [-0.4, -0.2) is 7.11 Å². The maximum absolute atomic E-state index is 6.45. The third kappa shape index (κ3) is 2.50. The summed E-state index contributed by atoms with van der Waals surface area (Å²) in [5, 5.41) is -0.228. The maximum Gasteiger partial charge on any atom is 0.120 e. The molecule has 17 heavy (non-hydrogen) atoms. The summed E-state index contributed by atoms with van der Waals surface area (Å²) < 4.78 is 11.3. The maximum atomic E-state index is 6.45. The topological polar surface area (TPSA) is 22.4 Å². The fraction of sp³-hybridized carbons (Fsp3) is 0.231. The zero-order valence-electron chi connectivity index (χ0n) is 9.54. The Kier molecular flexibility index (Phi) is 3.79. The molecule has 1 atom stereocenters. The minimum Gasteiger partial charge on any atom is -0.497 e. The highest BCUT2D eigenvalue weighted by Gasteiger charge is 2.18. The van der Waals surface area contributed by atoms with Crippen molar-refractivity contribution in [3.63, 3.8) is 0 Å². The number of methoxy groups -OCH3 is 1. The van der Waals surface area contributed by atoms with E-state index in [1.165, 1.54) is 0 Å². The van der Waals surface area contributed by atoms with Gasteiger partial charge in [-0.25, -0.2) is 0 Å². The van der Waals surface area contributed by atoms with Crippen LogP contribution in [-0.2, 0) is 0 Å². The van der Waals surface area contributed by atoms with Crippen LogP contribution in [0.3, 0.4) is 0 Å². The number of ether oxygens (including phenoxy) is 1. The number of benzene rings is 1. The molecule has 0 spiro atoms. The van der Waals surface area contributed by atoms with Crippen molar-refractivity contribution < 1.29 is 9.15 Å². The van der Waals surface area contributed by atoms with Gasteiger partial charge in [-0.3, -0.25) is 0 Å². The molecule has 1 unspecified atom stereocenters. The first-order chi connectivity index (χ1) is 8.13. The van der Waals surface area contributed by atoms with Gasteiger partial charge in [-0.2, -0.15) is 0 Å². The molecule has 0 aliphatic carbocycles. The Morgan fingerprint density at radius 1 is 1.29 bits per heavy atom. The molecular formula is C13H12BrClO2. The second-order valence-corrected chi connectivity index (χ2v) is 4.97. The Bertz CT molecular complexity index is 522. The first-order valence-electron chi connectivity index (χ1n) is 5.15. The van der Waals surface area contributed by atoms with Gasteiger partial charge < -0.3 is 9.15 Å². The average Bonchev–Trinajstić information content (AvgIpc) is 2.74. The molecule has 1 aromatic carbocycles. The van der Waals surface area contributed by atoms with Crippen molar-refractivity contribution in [2.24, 2.45) is 0 Å². The second-order valence-electron chi connectivity index (χ2n) is 3.68. The fourth-order valence-electron chi connectivity index (χ4n) is 1.67. The van der Waals surface area contributed by atoms with Gasteiger partial charge in [0.1, 0.15) is 11.5 Å². The van der Waals surface area contributed by atoms with Crippen molar-refractivity contribution in [3.8, 4) is 5.75 Å². The Labute approximate surface area is 114 Å². The van der Waals surface area contributed by atoms with E-state index in [1.54, 1.807) is 13.4 Å². The van der Waals surface area contributed by atoms with Gasteiger partial charge in [0.25, 0.3) is 0 Å². The number of aryl methyl sites for hydroxylation is 1. The predicted molar refractivity (Wildman–Crippen MR) is 71.8 cm³/mol. The summed E-state index contributed by atoms with van der Waals surface area (Å²) in [7, 11) is 1.64. The molecule has 4 heteroatoms. The first kappa shape index (κ1) is 12.5. The van der Waals surface area contributed by atoms with E-state index in [2.05, 4.69) is 15.9 Å². The van der Waals surface area contributed by atoms with Gasteiger partial charge in [0, 0.05) is 10.0 Å². The molecule has 2 rings (SSSR count). The van der Waals surface area contributed by atoms with Crippen molar-refractivity contribution in [3.05, 3.63) is 51.9 Å². The highest BCUT2D eigenvalue weighted by Crippen LogP contribution is 2.37. The Hall–Kier alpha value is -0.930. The molecule has 0 bridgehead atoms. The number of hydrogen-bond acceptors (Lipinski definition) is 2. The standard InChI is InChI=1S/C13H12BrClO2/c1-8-10(5-6-17-8)13(15)11-4-3-9(16-2)7-12(11)14/h3-7,13H,1-2H3. The zero-order valence-corrected chi connectivity index (χ0v) is 11.9. The molecule has 2 nitrogen and oxygen atoms in total. The fourth-order valence-corrected chi connectivity index (χ4v) is 2.80. The van der Waals surface area contributed by atoms with Crippen molar-refractivity contribution in [1.29, 1.82) is 0 Å². The molecule has 90 valence electrons. The monoisotopic (exact) mass is 314 g/mol. The molecule has 0 saturated carbocycles. The molecule has 0 amide bonds. The van der Waals surface area contributed by atoms with Crippen LogP contribution in [0.1, 0.15) is 22.3 Å². The average molecular weight is 316 g/mol. The van der Waals surface area contributed by atoms with Crippen LogP contribution in [0.15, 0.2) is 39.4 Å². The van der Waals surface area contributed by atoms with Crippen LogP contribution >= 0.6 is 27.5 Å². The number of alkyl halides is 1. The van der Waals surface area contributed by atoms with E-state index in [1.807, 2.05) is 31.2 Å². The van der Waals surface area contributed by atoms with Crippen molar-refractivity contribution in [1.82, 2.24) is 0 Å². The Balaban J connectivity index is 2.38. The number of halogens is 2. The molecule has 1 heterocycles. The van der Waals surface area contributed by atoms with Crippen LogP contribution < -0.4 is 4.74 Å². The number of furan rings is 1. The van der Waals surface area contributed by atoms with Gasteiger partial charge >= 0.3 is 0 Å². The lowest BCUT2D eigenvalue weighted by Gasteiger charge is -2.12. The van der Waals surface area contributed by atoms with E-state index >= 15 is 0 Å². The zero-order chi connectivity index (χ0) is 12.4. The summed E-state index contributed by atoms with van der Waals surface area (Å²) >= 11 is 9.95. The number of hydrogen-bond donors (Lipinski definition) is 0. The highest BCUT2D eigenvalue weighted by atomic mass is 79.9. The van der Waals surface area contributed by atoms with E-state index in [-0.39, 0.29) is 5.38 Å². The van der Waals surface area contributed by atoms with Gasteiger partial charge in [0.15, 0.2) is 0 Å². The largest absolute Gasteiger partial charge is 0.497 e. The third-order valence-electron chi connectivity index (χ3n) is 2.65. The Morgan fingerprint density at radius 2 is 2.06 bits per heavy atom. The lowest BCUT2D eigenvalue weighted by atomic mass is 10.1. The molecule has 0 saturated heterocycles. The smallest absolute Gasteiger partial charge is 0.120 e. The normalized spacial score (nSPS) is 12.5. The first-order valence-corrected chi connectivity index (χ1v) is 6.38. The lowest BCUT2D eigenvalue weighted by Crippen LogP contribution is -1.95. The van der Waals surface area contributed by atoms with Crippen LogP contribution in [0.2, 0.25) is 0 Å². The van der Waals surface area contributed by atoms with Crippen molar-refractivity contribution in [2.45, 2.75) is 12.3 Å². The highest BCUT2D eigenvalue weighted by molar-refractivity contribution is 9.10. The molecule has 0 fully saturated rings. The van der Waals surface area contributed by atoms with E-state index in [0.717, 1.165) is 27.1 Å². The molecule has 0 aliphatic heterocycles. The van der Waals surface area contributed by atoms with E-state index in [4.69, 9.17) is 20.8 Å². The van der Waals surface area contributed by atoms with Gasteiger partial charge in [-0.15, -0.1) is 11.6 Å². The molecule has 2 aromatic rings. The lowest BCUT2D eigenvalue weighted by molar-refractivity contribution is 0.414. The van der Waals surface area contributed by atoms with Crippen LogP contribution in [0.25, 0.3) is 0 Å². The van der Waals surface area contributed by atoms with E-state index in [0.29, 0.717) is 0 Å². The number of rotatable bonds is 3. The minimum absolute atomic E-state index is 0.228. The molecule has 0 N–H and O–H groups in total. The van der Waals surface area contributed by atoms with Crippen molar-refractivity contribution >= 4 is 27.5 Å². The van der Waals surface area contributed by atoms with E-state index in [9.17, 15) is 0 Å².